The molecule has 0 aliphatic carbocycles. The average Bonchev–Trinajstić information content (AvgIpc) is 2.96. The van der Waals surface area contributed by atoms with Gasteiger partial charge in [0, 0.05) is 24.8 Å². The quantitative estimate of drug-likeness (QED) is 0.297. The second-order valence-corrected chi connectivity index (χ2v) is 1.98. The predicted octanol–water partition coefficient (Wildman–Crippen LogP) is 0.663. The van der Waals surface area contributed by atoms with Crippen molar-refractivity contribution in [2.24, 2.45) is 0 Å². The maximum absolute atomic E-state index is 8.25. The van der Waals surface area contributed by atoms with E-state index in [0.29, 0.717) is 0 Å². The van der Waals surface area contributed by atoms with Crippen molar-refractivity contribution in [3.63, 3.8) is 0 Å². The second kappa shape index (κ2) is 26.1. The SMILES string of the molecule is N.N.O=[N+]([O-])[O-].O=[N+]([O-])[O-].[Pt+4].c1cn[nH]c1.c1cn[nH]c1. The molecule has 0 aliphatic heterocycles. The summed E-state index contributed by atoms with van der Waals surface area (Å²) < 4.78 is 0. The molecular formula is C6H14N8O6Pt+2. The van der Waals surface area contributed by atoms with Gasteiger partial charge in [0.1, 0.15) is 0 Å². The van der Waals surface area contributed by atoms with E-state index in [1.807, 2.05) is 12.1 Å². The van der Waals surface area contributed by atoms with Gasteiger partial charge in [-0.15, -0.1) is 0 Å². The summed E-state index contributed by atoms with van der Waals surface area (Å²) in [7, 11) is 0. The van der Waals surface area contributed by atoms with Crippen LogP contribution in [0.4, 0.5) is 0 Å². The zero-order valence-corrected chi connectivity index (χ0v) is 12.7. The number of nitrogens with one attached hydrogen (secondary N) is 2. The van der Waals surface area contributed by atoms with Crippen LogP contribution < -0.4 is 12.3 Å². The molecule has 122 valence electrons. The van der Waals surface area contributed by atoms with Crippen molar-refractivity contribution in [2.45, 2.75) is 0 Å². The number of aromatic amines is 2. The van der Waals surface area contributed by atoms with Gasteiger partial charge in [-0.05, 0) is 12.1 Å². The maximum Gasteiger partial charge on any atom is 4.00 e. The van der Waals surface area contributed by atoms with E-state index in [2.05, 4.69) is 20.4 Å². The molecule has 15 heteroatoms. The van der Waals surface area contributed by atoms with Gasteiger partial charge in [0.05, 0.1) is 10.2 Å². The Hall–Kier alpha value is -2.57. The molecule has 0 radical (unpaired) electrons. The van der Waals surface area contributed by atoms with Crippen LogP contribution >= 0.6 is 0 Å². The molecular weight excluding hydrogens is 475 g/mol. The summed E-state index contributed by atoms with van der Waals surface area (Å²) >= 11 is 0. The Morgan fingerprint density at radius 1 is 0.762 bits per heavy atom. The smallest absolute Gasteiger partial charge is 0.356 e. The van der Waals surface area contributed by atoms with E-state index in [4.69, 9.17) is 30.6 Å². The van der Waals surface area contributed by atoms with E-state index in [1.54, 1.807) is 24.8 Å². The Morgan fingerprint density at radius 2 is 1.00 bits per heavy atom. The van der Waals surface area contributed by atoms with Crippen LogP contribution in [0.15, 0.2) is 36.9 Å². The van der Waals surface area contributed by atoms with Crippen molar-refractivity contribution >= 4 is 0 Å². The largest absolute Gasteiger partial charge is 4.00 e. The van der Waals surface area contributed by atoms with Crippen LogP contribution in [0.3, 0.4) is 0 Å². The van der Waals surface area contributed by atoms with Crippen molar-refractivity contribution in [1.82, 2.24) is 32.7 Å². The van der Waals surface area contributed by atoms with Crippen LogP contribution in [0.25, 0.3) is 0 Å². The average molecular weight is 489 g/mol. The van der Waals surface area contributed by atoms with Gasteiger partial charge in [0.2, 0.25) is 0 Å². The van der Waals surface area contributed by atoms with E-state index in [0.717, 1.165) is 0 Å². The number of hydrogen-bond donors (Lipinski definition) is 4. The summed E-state index contributed by atoms with van der Waals surface area (Å²) in [5.74, 6) is 0. The normalized spacial score (nSPS) is 6.10. The van der Waals surface area contributed by atoms with Crippen molar-refractivity contribution in [3.05, 3.63) is 67.6 Å². The van der Waals surface area contributed by atoms with E-state index in [-0.39, 0.29) is 33.4 Å². The molecule has 0 bridgehead atoms. The van der Waals surface area contributed by atoms with Crippen molar-refractivity contribution in [3.8, 4) is 0 Å². The Morgan fingerprint density at radius 3 is 1.05 bits per heavy atom. The molecule has 0 amide bonds. The summed E-state index contributed by atoms with van der Waals surface area (Å²) in [6, 6.07) is 3.67. The van der Waals surface area contributed by atoms with Crippen LogP contribution in [0, 0.1) is 30.6 Å². The molecule has 0 aliphatic rings. The van der Waals surface area contributed by atoms with Crippen molar-refractivity contribution in [2.75, 3.05) is 0 Å². The van der Waals surface area contributed by atoms with Gasteiger partial charge in [0.25, 0.3) is 0 Å². The fraction of sp³-hybridized carbons (Fsp3) is 0. The summed E-state index contributed by atoms with van der Waals surface area (Å²) in [4.78, 5) is 16.5. The van der Waals surface area contributed by atoms with Gasteiger partial charge < -0.3 is 42.9 Å². The first kappa shape index (κ1) is 31.0. The Kier molecular flexibility index (Phi) is 38.6. The molecule has 0 fully saturated rings. The maximum atomic E-state index is 8.25. The van der Waals surface area contributed by atoms with Crippen LogP contribution in [0.5, 0.6) is 0 Å². The molecule has 14 nitrogen and oxygen atoms in total. The minimum absolute atomic E-state index is 0. The van der Waals surface area contributed by atoms with Crippen LogP contribution in [-0.4, -0.2) is 30.6 Å². The fourth-order valence-electron chi connectivity index (χ4n) is 0.430. The summed E-state index contributed by atoms with van der Waals surface area (Å²) in [5.41, 5.74) is 0. The molecule has 0 aromatic carbocycles. The fourth-order valence-corrected chi connectivity index (χ4v) is 0.430. The van der Waals surface area contributed by atoms with Crippen molar-refractivity contribution < 1.29 is 31.2 Å². The first-order valence-electron chi connectivity index (χ1n) is 3.97. The van der Waals surface area contributed by atoms with E-state index >= 15 is 0 Å². The third kappa shape index (κ3) is 75.2. The Bertz CT molecular complexity index is 303. The standard InChI is InChI=1S/2C3H4N2.2NO3.2H3N.Pt/c2*1-2-4-5-3-1;2*2-1(3)4;;;/h2*1-3H,(H,4,5);;;2*1H3;/q;;2*-1;;;+4. The third-order valence-corrected chi connectivity index (χ3v) is 0.812. The summed E-state index contributed by atoms with van der Waals surface area (Å²) in [6.07, 6.45) is 6.92. The molecule has 0 unspecified atom stereocenters. The molecule has 2 aromatic heterocycles. The van der Waals surface area contributed by atoms with E-state index in [9.17, 15) is 0 Å². The number of hydrogen-bond acceptors (Lipinski definition) is 10. The second-order valence-electron chi connectivity index (χ2n) is 1.98. The molecule has 2 heterocycles. The molecule has 21 heavy (non-hydrogen) atoms. The molecule has 2 rings (SSSR count). The van der Waals surface area contributed by atoms with Gasteiger partial charge in [-0.3, -0.25) is 10.2 Å². The van der Waals surface area contributed by atoms with Crippen LogP contribution in [0.1, 0.15) is 0 Å². The van der Waals surface area contributed by atoms with E-state index in [1.165, 1.54) is 0 Å². The van der Waals surface area contributed by atoms with Crippen LogP contribution in [0.2, 0.25) is 0 Å². The summed E-state index contributed by atoms with van der Waals surface area (Å²) in [6.45, 7) is 0. The molecule has 2 aromatic rings. The predicted molar refractivity (Wildman–Crippen MR) is 67.9 cm³/mol. The monoisotopic (exact) mass is 489 g/mol. The minimum Gasteiger partial charge on any atom is -0.356 e. The first-order chi connectivity index (χ1) is 8.46. The summed E-state index contributed by atoms with van der Waals surface area (Å²) in [5, 5.41) is 41.9. The Labute approximate surface area is 132 Å². The number of nitrogens with zero attached hydrogens (tertiary/aromatic N) is 4. The zero-order valence-electron chi connectivity index (χ0n) is 10.4. The van der Waals surface area contributed by atoms with Gasteiger partial charge in [-0.25, -0.2) is 0 Å². The van der Waals surface area contributed by atoms with Crippen LogP contribution in [-0.2, 0) is 21.1 Å². The first-order valence-corrected chi connectivity index (χ1v) is 3.97. The zero-order chi connectivity index (χ0) is 14.2. The minimum atomic E-state index is -1.75. The molecule has 8 N–H and O–H groups in total. The molecule has 0 saturated heterocycles. The third-order valence-electron chi connectivity index (χ3n) is 0.812. The molecule has 0 saturated carbocycles. The van der Waals surface area contributed by atoms with Gasteiger partial charge in [-0.2, -0.15) is 10.2 Å². The number of rotatable bonds is 0. The van der Waals surface area contributed by atoms with Gasteiger partial charge in [-0.1, -0.05) is 0 Å². The topological polar surface area (TPSA) is 260 Å². The van der Waals surface area contributed by atoms with Crippen molar-refractivity contribution in [1.29, 1.82) is 0 Å². The molecule has 0 atom stereocenters. The number of H-pyrrole nitrogens is 2. The number of aromatic nitrogens is 4. The van der Waals surface area contributed by atoms with Gasteiger partial charge >= 0.3 is 21.1 Å². The van der Waals surface area contributed by atoms with E-state index < -0.39 is 10.2 Å². The van der Waals surface area contributed by atoms with Gasteiger partial charge in [0.15, 0.2) is 0 Å². The molecule has 0 spiro atoms. The Balaban J connectivity index is -0.0000000522.